The van der Waals surface area contributed by atoms with Crippen LogP contribution in [-0.4, -0.2) is 153 Å². The summed E-state index contributed by atoms with van der Waals surface area (Å²) in [5.41, 5.74) is 12.9. The first-order valence-electron chi connectivity index (χ1n) is 21.6. The molecule has 56 heavy (non-hydrogen) atoms. The van der Waals surface area contributed by atoms with Gasteiger partial charge in [0, 0.05) is 87.7 Å². The number of nitrogens with two attached hydrogens (primary N) is 2. The lowest BCUT2D eigenvalue weighted by Gasteiger charge is -2.52. The first-order chi connectivity index (χ1) is 26.6. The van der Waals surface area contributed by atoms with Crippen LogP contribution in [0.25, 0.3) is 0 Å². The molecule has 3 fully saturated rings. The predicted molar refractivity (Wildman–Crippen MR) is 238 cm³/mol. The smallest absolute Gasteiger partial charge is 0.386 e. The van der Waals surface area contributed by atoms with Crippen LogP contribution in [0.4, 0.5) is 0 Å². The summed E-state index contributed by atoms with van der Waals surface area (Å²) in [6.07, 6.45) is 14.8. The van der Waals surface area contributed by atoms with Gasteiger partial charge in [0.1, 0.15) is 17.2 Å². The van der Waals surface area contributed by atoms with E-state index in [1.54, 1.807) is 42.7 Å². The summed E-state index contributed by atoms with van der Waals surface area (Å²) in [5, 5.41) is -0.210. The van der Waals surface area contributed by atoms with Gasteiger partial charge in [-0.1, -0.05) is 26.1 Å². The van der Waals surface area contributed by atoms with E-state index < -0.39 is 43.5 Å². The van der Waals surface area contributed by atoms with E-state index in [-0.39, 0.29) is 16.2 Å². The maximum Gasteiger partial charge on any atom is 0.500 e. The molecule has 13 nitrogen and oxygen atoms in total. The molecule has 0 aromatic heterocycles. The third kappa shape index (κ3) is 11.7. The summed E-state index contributed by atoms with van der Waals surface area (Å²) in [6.45, 7) is 11.2. The molecule has 2 heterocycles. The number of nitrogens with zero attached hydrogens (tertiary/aromatic N) is 2. The summed E-state index contributed by atoms with van der Waals surface area (Å²) in [5.74, 6) is 0.555. The molecule has 2 aliphatic heterocycles. The summed E-state index contributed by atoms with van der Waals surface area (Å²) < 4.78 is 61.7. The molecule has 0 radical (unpaired) electrons. The Hall–Kier alpha value is 0.564. The average molecular weight is 884 g/mol. The van der Waals surface area contributed by atoms with E-state index in [1.807, 2.05) is 21.3 Å². The Bertz CT molecular complexity index is 1100. The lowest BCUT2D eigenvalue weighted by Crippen LogP contribution is -2.65. The molecule has 4 unspecified atom stereocenters. The highest BCUT2D eigenvalue weighted by atomic mass is 28.4. The second kappa shape index (κ2) is 22.6. The van der Waals surface area contributed by atoms with Gasteiger partial charge in [0.2, 0.25) is 0 Å². The molecule has 4 N–H and O–H groups in total. The lowest BCUT2D eigenvalue weighted by atomic mass is 9.66. The van der Waals surface area contributed by atoms with E-state index >= 15 is 0 Å². The molecule has 0 bridgehead atoms. The van der Waals surface area contributed by atoms with Gasteiger partial charge in [0.25, 0.3) is 0 Å². The molecular formula is C38H86N4O9Si5. The zero-order chi connectivity index (χ0) is 41.7. The largest absolute Gasteiger partial charge is 0.500 e. The molecule has 0 amide bonds. The van der Waals surface area contributed by atoms with Crippen LogP contribution in [0.2, 0.25) is 43.8 Å². The minimum atomic E-state index is -2.82. The predicted octanol–water partition coefficient (Wildman–Crippen LogP) is 5.82. The first kappa shape index (κ1) is 50.9. The zero-order valence-corrected chi connectivity index (χ0v) is 43.1. The lowest BCUT2D eigenvalue weighted by molar-refractivity contribution is -0.00290. The zero-order valence-electron chi connectivity index (χ0n) is 37.9. The van der Waals surface area contributed by atoms with Gasteiger partial charge in [-0.15, -0.1) is 0 Å². The average Bonchev–Trinajstić information content (AvgIpc) is 3.91. The van der Waals surface area contributed by atoms with E-state index in [0.717, 1.165) is 102 Å². The molecular weight excluding hydrogens is 797 g/mol. The number of rotatable bonds is 28. The SMILES string of the molecule is COC(CCC1(CN)CCCC(CN)C1)(CCC(CCC[Si](OC)(OC)OC)(CCC[Si](OC)(OC)OC)N1CCC[Si]1(OC)OC)[SiH]1CCCN1[Si](C)(C)C. The number of ether oxygens (including phenoxy) is 1. The summed E-state index contributed by atoms with van der Waals surface area (Å²) in [6, 6.07) is 3.69. The van der Waals surface area contributed by atoms with E-state index in [2.05, 4.69) is 28.4 Å². The van der Waals surface area contributed by atoms with E-state index in [0.29, 0.717) is 5.92 Å². The quantitative estimate of drug-likeness (QED) is 0.0913. The second-order valence-corrected chi connectivity index (χ2v) is 36.3. The van der Waals surface area contributed by atoms with Crippen LogP contribution in [0, 0.1) is 11.3 Å². The number of hydrogen-bond donors (Lipinski definition) is 2. The Morgan fingerprint density at radius 1 is 0.732 bits per heavy atom. The topological polar surface area (TPSA) is 142 Å². The fourth-order valence-corrected chi connectivity index (χ4v) is 27.4. The van der Waals surface area contributed by atoms with Crippen molar-refractivity contribution >= 4 is 43.5 Å². The van der Waals surface area contributed by atoms with E-state index in [4.69, 9.17) is 51.6 Å². The van der Waals surface area contributed by atoms with Crippen LogP contribution >= 0.6 is 0 Å². The van der Waals surface area contributed by atoms with Gasteiger partial charge in [-0.2, -0.15) is 0 Å². The van der Waals surface area contributed by atoms with Crippen LogP contribution in [0.3, 0.4) is 0 Å². The monoisotopic (exact) mass is 883 g/mol. The van der Waals surface area contributed by atoms with Gasteiger partial charge in [-0.05, 0) is 127 Å². The highest BCUT2D eigenvalue weighted by Crippen LogP contribution is 2.49. The normalized spacial score (nSPS) is 25.6. The third-order valence-corrected chi connectivity index (χ3v) is 33.3. The molecule has 18 heteroatoms. The molecule has 2 saturated heterocycles. The van der Waals surface area contributed by atoms with Crippen molar-refractivity contribution in [2.75, 3.05) is 90.2 Å². The third-order valence-electron chi connectivity index (χ3n) is 14.6. The first-order valence-corrected chi connectivity index (χ1v) is 32.7. The van der Waals surface area contributed by atoms with Crippen molar-refractivity contribution in [2.24, 2.45) is 22.8 Å². The minimum Gasteiger partial charge on any atom is -0.386 e. The fourth-order valence-electron chi connectivity index (χ4n) is 11.2. The van der Waals surface area contributed by atoms with E-state index in [1.165, 1.54) is 38.3 Å². The van der Waals surface area contributed by atoms with Gasteiger partial charge in [-0.3, -0.25) is 4.57 Å². The van der Waals surface area contributed by atoms with Crippen LogP contribution < -0.4 is 11.5 Å². The van der Waals surface area contributed by atoms with Gasteiger partial charge < -0.3 is 55.8 Å². The van der Waals surface area contributed by atoms with Crippen molar-refractivity contribution in [1.29, 1.82) is 0 Å². The minimum absolute atomic E-state index is 0.117. The van der Waals surface area contributed by atoms with Gasteiger partial charge in [0.15, 0.2) is 0 Å². The van der Waals surface area contributed by atoms with Crippen molar-refractivity contribution in [3.63, 3.8) is 0 Å². The van der Waals surface area contributed by atoms with Crippen molar-refractivity contribution in [2.45, 2.75) is 144 Å². The summed E-state index contributed by atoms with van der Waals surface area (Å²) >= 11 is 0. The highest BCUT2D eigenvalue weighted by molar-refractivity contribution is 6.84. The van der Waals surface area contributed by atoms with Crippen molar-refractivity contribution in [1.82, 2.24) is 8.80 Å². The summed E-state index contributed by atoms with van der Waals surface area (Å²) in [4.78, 5) is 0. The summed E-state index contributed by atoms with van der Waals surface area (Å²) in [7, 11) is 4.44. The van der Waals surface area contributed by atoms with Gasteiger partial charge >= 0.3 is 26.3 Å². The van der Waals surface area contributed by atoms with Crippen molar-refractivity contribution in [3.8, 4) is 0 Å². The van der Waals surface area contributed by atoms with E-state index in [9.17, 15) is 0 Å². The Labute approximate surface area is 348 Å². The Balaban J connectivity index is 2.18. The molecule has 3 rings (SSSR count). The van der Waals surface area contributed by atoms with Crippen LogP contribution in [0.5, 0.6) is 0 Å². The standard InChI is InChI=1S/C38H86N4O9Si5/c1-43-38(52-28-16-27-42(52)53(10,11)12,24-22-36(34-40)19-13-18-35(32-36)33-39)25-23-37(20-14-30-55(46-4,47-5)48-6,21-15-31-56(49-7,50-8)51-9)41-26-17-29-54(41,44-2)45-3/h35,52H,13-34,39-40H2,1-12H3. The van der Waals surface area contributed by atoms with Crippen LogP contribution in [-0.2, 0) is 40.1 Å². The Morgan fingerprint density at radius 3 is 1.77 bits per heavy atom. The number of hydrogen-bond acceptors (Lipinski definition) is 13. The van der Waals surface area contributed by atoms with Crippen molar-refractivity contribution < 1.29 is 40.1 Å². The van der Waals surface area contributed by atoms with Crippen LogP contribution in [0.15, 0.2) is 0 Å². The Morgan fingerprint density at radius 2 is 1.30 bits per heavy atom. The Kier molecular flexibility index (Phi) is 20.5. The fraction of sp³-hybridized carbons (Fsp3) is 1.00. The highest BCUT2D eigenvalue weighted by Gasteiger charge is 2.58. The maximum absolute atomic E-state index is 7.17. The molecule has 1 saturated carbocycles. The maximum atomic E-state index is 7.17. The molecule has 0 aromatic rings. The molecule has 0 aromatic carbocycles. The molecule has 3 aliphatic rings. The van der Waals surface area contributed by atoms with Crippen LogP contribution in [0.1, 0.15) is 89.9 Å². The molecule has 1 aliphatic carbocycles. The number of methoxy groups -OCH3 is 1. The van der Waals surface area contributed by atoms with Crippen molar-refractivity contribution in [3.05, 3.63) is 0 Å². The second-order valence-electron chi connectivity index (χ2n) is 18.1. The molecule has 0 spiro atoms. The van der Waals surface area contributed by atoms with Gasteiger partial charge in [0.05, 0.1) is 5.22 Å². The van der Waals surface area contributed by atoms with Gasteiger partial charge in [-0.25, -0.2) is 0 Å². The molecule has 4 atom stereocenters. The molecule has 332 valence electrons.